The molecule has 0 fully saturated rings. The summed E-state index contributed by atoms with van der Waals surface area (Å²) in [4.78, 5) is 26.5. The Morgan fingerprint density at radius 3 is 2.19 bits per heavy atom. The first-order valence-corrected chi connectivity index (χ1v) is 8.41. The first-order valence-electron chi connectivity index (χ1n) is 8.41. The second-order valence-electron chi connectivity index (χ2n) is 5.69. The van der Waals surface area contributed by atoms with Crippen LogP contribution in [-0.4, -0.2) is 29.9 Å². The number of ether oxygens (including phenoxy) is 1. The number of nitrogens with zero attached hydrogens (tertiary/aromatic N) is 1. The Labute approximate surface area is 151 Å². The summed E-state index contributed by atoms with van der Waals surface area (Å²) in [6.07, 6.45) is 0. The fourth-order valence-corrected chi connectivity index (χ4v) is 2.81. The van der Waals surface area contributed by atoms with Gasteiger partial charge in [0.25, 0.3) is 11.8 Å². The molecular weight excluding hydrogens is 335 g/mol. The second-order valence-corrected chi connectivity index (χ2v) is 5.69. The number of rotatable bonds is 6. The van der Waals surface area contributed by atoms with Gasteiger partial charge in [-0.25, -0.2) is 4.39 Å². The van der Waals surface area contributed by atoms with Crippen molar-refractivity contribution in [2.24, 2.45) is 0 Å². The number of imide groups is 1. The van der Waals surface area contributed by atoms with Crippen LogP contribution in [0, 0.1) is 5.82 Å². The number of carbonyl (C=O) groups excluding carboxylic acids is 2. The van der Waals surface area contributed by atoms with Crippen LogP contribution >= 0.6 is 0 Å². The molecule has 3 rings (SSSR count). The minimum Gasteiger partial charge on any atom is -0.494 e. The molecule has 2 amide bonds. The van der Waals surface area contributed by atoms with Crippen LogP contribution in [-0.2, 0) is 9.59 Å². The fourth-order valence-electron chi connectivity index (χ4n) is 2.81. The molecule has 2 aromatic carbocycles. The SMILES string of the molecule is CCOc1ccc(NC2=C(c3ccc(F)cc3)C(=O)N(CC)C2=O)cc1. The summed E-state index contributed by atoms with van der Waals surface area (Å²) in [5.41, 5.74) is 1.58. The maximum Gasteiger partial charge on any atom is 0.278 e. The zero-order chi connectivity index (χ0) is 18.7. The van der Waals surface area contributed by atoms with Crippen LogP contribution in [0.1, 0.15) is 19.4 Å². The summed E-state index contributed by atoms with van der Waals surface area (Å²) in [6, 6.07) is 12.6. The number of hydrogen-bond donors (Lipinski definition) is 1. The third-order valence-electron chi connectivity index (χ3n) is 4.05. The molecule has 1 heterocycles. The van der Waals surface area contributed by atoms with E-state index in [9.17, 15) is 14.0 Å². The second kappa shape index (κ2) is 7.39. The molecule has 0 spiro atoms. The lowest BCUT2D eigenvalue weighted by Crippen LogP contribution is -2.32. The van der Waals surface area contributed by atoms with Crippen LogP contribution in [0.2, 0.25) is 0 Å². The van der Waals surface area contributed by atoms with E-state index in [1.165, 1.54) is 24.3 Å². The third kappa shape index (κ3) is 3.31. The zero-order valence-corrected chi connectivity index (χ0v) is 14.6. The molecule has 0 saturated carbocycles. The van der Waals surface area contributed by atoms with E-state index in [2.05, 4.69) is 5.32 Å². The van der Waals surface area contributed by atoms with Gasteiger partial charge in [-0.2, -0.15) is 0 Å². The van der Waals surface area contributed by atoms with E-state index in [1.807, 2.05) is 6.92 Å². The highest BCUT2D eigenvalue weighted by atomic mass is 19.1. The van der Waals surface area contributed by atoms with Gasteiger partial charge in [-0.05, 0) is 55.8 Å². The highest BCUT2D eigenvalue weighted by Gasteiger charge is 2.38. The Morgan fingerprint density at radius 1 is 0.962 bits per heavy atom. The molecule has 0 saturated heterocycles. The summed E-state index contributed by atoms with van der Waals surface area (Å²) < 4.78 is 18.6. The van der Waals surface area contributed by atoms with Gasteiger partial charge in [-0.3, -0.25) is 14.5 Å². The van der Waals surface area contributed by atoms with Crippen LogP contribution in [0.25, 0.3) is 5.57 Å². The summed E-state index contributed by atoms with van der Waals surface area (Å²) in [5.74, 6) is -0.474. The average molecular weight is 354 g/mol. The minimum absolute atomic E-state index is 0.188. The minimum atomic E-state index is -0.403. The van der Waals surface area contributed by atoms with E-state index in [0.29, 0.717) is 17.9 Å². The van der Waals surface area contributed by atoms with Crippen molar-refractivity contribution in [3.8, 4) is 5.75 Å². The van der Waals surface area contributed by atoms with E-state index < -0.39 is 17.6 Å². The molecule has 0 bridgehead atoms. The zero-order valence-electron chi connectivity index (χ0n) is 14.6. The van der Waals surface area contributed by atoms with Crippen molar-refractivity contribution >= 4 is 23.1 Å². The van der Waals surface area contributed by atoms with Crippen molar-refractivity contribution in [3.05, 3.63) is 65.6 Å². The van der Waals surface area contributed by atoms with Crippen molar-refractivity contribution < 1.29 is 18.7 Å². The van der Waals surface area contributed by atoms with E-state index in [4.69, 9.17) is 4.74 Å². The number of nitrogens with one attached hydrogen (secondary N) is 1. The highest BCUT2D eigenvalue weighted by Crippen LogP contribution is 2.30. The molecule has 0 radical (unpaired) electrons. The lowest BCUT2D eigenvalue weighted by Gasteiger charge is -2.12. The maximum absolute atomic E-state index is 13.2. The van der Waals surface area contributed by atoms with Gasteiger partial charge < -0.3 is 10.1 Å². The Morgan fingerprint density at radius 2 is 1.62 bits per heavy atom. The van der Waals surface area contributed by atoms with E-state index in [1.54, 1.807) is 31.2 Å². The molecule has 26 heavy (non-hydrogen) atoms. The van der Waals surface area contributed by atoms with Gasteiger partial charge in [0.2, 0.25) is 0 Å². The number of halogens is 1. The first kappa shape index (κ1) is 17.7. The first-order chi connectivity index (χ1) is 12.5. The lowest BCUT2D eigenvalue weighted by atomic mass is 10.0. The molecule has 134 valence electrons. The van der Waals surface area contributed by atoms with Gasteiger partial charge in [0, 0.05) is 12.2 Å². The monoisotopic (exact) mass is 354 g/mol. The predicted octanol–water partition coefficient (Wildman–Crippen LogP) is 3.44. The van der Waals surface area contributed by atoms with Crippen LogP contribution in [0.5, 0.6) is 5.75 Å². The summed E-state index contributed by atoms with van der Waals surface area (Å²) in [7, 11) is 0. The Balaban J connectivity index is 1.99. The van der Waals surface area contributed by atoms with Crippen molar-refractivity contribution in [1.82, 2.24) is 4.90 Å². The van der Waals surface area contributed by atoms with Crippen LogP contribution in [0.3, 0.4) is 0 Å². The number of amides is 2. The van der Waals surface area contributed by atoms with Gasteiger partial charge in [0.15, 0.2) is 0 Å². The molecular formula is C20H19FN2O3. The molecule has 0 atom stereocenters. The van der Waals surface area contributed by atoms with Crippen molar-refractivity contribution in [1.29, 1.82) is 0 Å². The molecule has 1 N–H and O–H groups in total. The average Bonchev–Trinajstić information content (AvgIpc) is 2.87. The molecule has 0 aliphatic carbocycles. The number of benzene rings is 2. The van der Waals surface area contributed by atoms with E-state index in [0.717, 1.165) is 10.6 Å². The number of likely N-dealkylation sites (N-methyl/N-ethyl adjacent to an activating group) is 1. The molecule has 0 unspecified atom stereocenters. The fraction of sp³-hybridized carbons (Fsp3) is 0.200. The van der Waals surface area contributed by atoms with E-state index in [-0.39, 0.29) is 17.8 Å². The number of carbonyl (C=O) groups is 2. The van der Waals surface area contributed by atoms with Crippen molar-refractivity contribution in [2.75, 3.05) is 18.5 Å². The van der Waals surface area contributed by atoms with E-state index >= 15 is 0 Å². The largest absolute Gasteiger partial charge is 0.494 e. The summed E-state index contributed by atoms with van der Waals surface area (Å²) in [6.45, 7) is 4.45. The number of anilines is 1. The third-order valence-corrected chi connectivity index (χ3v) is 4.05. The predicted molar refractivity (Wildman–Crippen MR) is 96.9 cm³/mol. The van der Waals surface area contributed by atoms with Gasteiger partial charge in [-0.15, -0.1) is 0 Å². The maximum atomic E-state index is 13.2. The van der Waals surface area contributed by atoms with Gasteiger partial charge >= 0.3 is 0 Å². The van der Waals surface area contributed by atoms with Crippen molar-refractivity contribution in [2.45, 2.75) is 13.8 Å². The molecule has 0 aromatic heterocycles. The Bertz CT molecular complexity index is 858. The van der Waals surface area contributed by atoms with Crippen LogP contribution < -0.4 is 10.1 Å². The lowest BCUT2D eigenvalue weighted by molar-refractivity contribution is -0.136. The highest BCUT2D eigenvalue weighted by molar-refractivity contribution is 6.36. The number of hydrogen-bond acceptors (Lipinski definition) is 4. The van der Waals surface area contributed by atoms with Crippen molar-refractivity contribution in [3.63, 3.8) is 0 Å². The normalized spacial score (nSPS) is 14.2. The molecule has 6 heteroatoms. The van der Waals surface area contributed by atoms with Gasteiger partial charge in [0.1, 0.15) is 17.3 Å². The Kier molecular flexibility index (Phi) is 5.02. The van der Waals surface area contributed by atoms with Gasteiger partial charge in [-0.1, -0.05) is 12.1 Å². The van der Waals surface area contributed by atoms with Crippen LogP contribution in [0.4, 0.5) is 10.1 Å². The molecule has 1 aliphatic heterocycles. The quantitative estimate of drug-likeness (QED) is 0.808. The smallest absolute Gasteiger partial charge is 0.278 e. The summed E-state index contributed by atoms with van der Waals surface area (Å²) in [5, 5.41) is 3.04. The molecule has 2 aromatic rings. The summed E-state index contributed by atoms with van der Waals surface area (Å²) >= 11 is 0. The van der Waals surface area contributed by atoms with Gasteiger partial charge in [0.05, 0.1) is 12.2 Å². The van der Waals surface area contributed by atoms with Crippen LogP contribution in [0.15, 0.2) is 54.2 Å². The standard InChI is InChI=1S/C20H19FN2O3/c1-3-23-19(24)17(13-5-7-14(21)8-6-13)18(20(23)25)22-15-9-11-16(12-10-15)26-4-2/h5-12,22H,3-4H2,1-2H3. The molecule has 5 nitrogen and oxygen atoms in total. The Hall–Kier alpha value is -3.15. The molecule has 1 aliphatic rings. The topological polar surface area (TPSA) is 58.6 Å².